The van der Waals surface area contributed by atoms with E-state index in [1.165, 1.54) is 16.8 Å². The summed E-state index contributed by atoms with van der Waals surface area (Å²) in [5.74, 6) is -0.758. The second kappa shape index (κ2) is 9.97. The zero-order valence-electron chi connectivity index (χ0n) is 16.5. The number of benzene rings is 1. The summed E-state index contributed by atoms with van der Waals surface area (Å²) in [4.78, 5) is 37.1. The third-order valence-electron chi connectivity index (χ3n) is 4.76. The van der Waals surface area contributed by atoms with Crippen molar-refractivity contribution in [2.45, 2.75) is 45.3 Å². The van der Waals surface area contributed by atoms with Crippen LogP contribution in [0.3, 0.4) is 0 Å². The Morgan fingerprint density at radius 1 is 1.21 bits per heavy atom. The van der Waals surface area contributed by atoms with Crippen LogP contribution in [0.25, 0.3) is 0 Å². The second-order valence-corrected chi connectivity index (χ2v) is 6.98. The lowest BCUT2D eigenvalue weighted by Gasteiger charge is -2.14. The van der Waals surface area contributed by atoms with E-state index in [1.54, 1.807) is 24.3 Å². The first-order valence-corrected chi connectivity index (χ1v) is 9.97. The summed E-state index contributed by atoms with van der Waals surface area (Å²) in [5.41, 5.74) is 0.618. The summed E-state index contributed by atoms with van der Waals surface area (Å²) in [6.07, 6.45) is 3.68. The number of rotatable bonds is 8. The summed E-state index contributed by atoms with van der Waals surface area (Å²) >= 11 is 0. The van der Waals surface area contributed by atoms with Gasteiger partial charge in [-0.1, -0.05) is 25.5 Å². The monoisotopic (exact) mass is 398 g/mol. The van der Waals surface area contributed by atoms with Gasteiger partial charge in [-0.05, 0) is 37.5 Å². The first-order chi connectivity index (χ1) is 14.1. The highest BCUT2D eigenvalue weighted by atomic mass is 16.5. The Hall–Kier alpha value is -3.00. The van der Waals surface area contributed by atoms with Crippen LogP contribution in [-0.2, 0) is 11.3 Å². The minimum absolute atomic E-state index is 0.0362. The molecule has 2 aromatic rings. The molecule has 1 atom stereocenters. The van der Waals surface area contributed by atoms with Crippen molar-refractivity contribution in [2.75, 3.05) is 18.5 Å². The molecule has 1 fully saturated rings. The number of ether oxygens (including phenoxy) is 1. The Morgan fingerprint density at radius 2 is 2.03 bits per heavy atom. The number of amides is 2. The van der Waals surface area contributed by atoms with Crippen molar-refractivity contribution >= 4 is 17.5 Å². The third-order valence-corrected chi connectivity index (χ3v) is 4.76. The molecule has 1 aliphatic rings. The lowest BCUT2D eigenvalue weighted by molar-refractivity contribution is 0.0858. The number of aromatic nitrogens is 2. The van der Waals surface area contributed by atoms with E-state index in [0.29, 0.717) is 24.3 Å². The summed E-state index contributed by atoms with van der Waals surface area (Å²) in [6.45, 7) is 3.63. The first-order valence-electron chi connectivity index (χ1n) is 9.97. The largest absolute Gasteiger partial charge is 0.376 e. The zero-order chi connectivity index (χ0) is 20.6. The Bertz CT molecular complexity index is 919. The highest BCUT2D eigenvalue weighted by molar-refractivity contribution is 6.08. The molecule has 154 valence electrons. The number of anilines is 1. The summed E-state index contributed by atoms with van der Waals surface area (Å²) in [5, 5.41) is 9.73. The predicted octanol–water partition coefficient (Wildman–Crippen LogP) is 2.20. The average molecular weight is 398 g/mol. The number of unbranched alkanes of at least 4 members (excludes halogenated alkanes) is 1. The average Bonchev–Trinajstić information content (AvgIpc) is 3.25. The van der Waals surface area contributed by atoms with E-state index in [1.807, 2.05) is 6.92 Å². The van der Waals surface area contributed by atoms with E-state index in [-0.39, 0.29) is 23.3 Å². The maximum absolute atomic E-state index is 12.7. The Kier molecular flexibility index (Phi) is 7.13. The number of para-hydroxylation sites is 1. The van der Waals surface area contributed by atoms with E-state index in [9.17, 15) is 14.4 Å². The van der Waals surface area contributed by atoms with Crippen LogP contribution >= 0.6 is 0 Å². The van der Waals surface area contributed by atoms with Crippen LogP contribution in [0, 0.1) is 0 Å². The topological polar surface area (TPSA) is 102 Å². The van der Waals surface area contributed by atoms with Crippen molar-refractivity contribution in [3.05, 3.63) is 58.0 Å². The molecule has 0 spiro atoms. The normalized spacial score (nSPS) is 15.8. The Balaban J connectivity index is 1.70. The van der Waals surface area contributed by atoms with Crippen LogP contribution in [0.5, 0.6) is 0 Å². The lowest BCUT2D eigenvalue weighted by atomic mass is 10.1. The Labute approximate surface area is 169 Å². The molecular weight excluding hydrogens is 372 g/mol. The predicted molar refractivity (Wildman–Crippen MR) is 109 cm³/mol. The van der Waals surface area contributed by atoms with Gasteiger partial charge in [-0.3, -0.25) is 14.4 Å². The standard InChI is InChI=1S/C21H26N4O4/c1-2-3-12-25-19(26)11-10-18(24-25)21(28)23-17-9-5-4-8-16(17)20(27)22-14-15-7-6-13-29-15/h4-5,8-11,15H,2-3,6-7,12-14H2,1H3,(H,22,27)(H,23,28). The molecule has 0 aliphatic carbocycles. The molecule has 0 saturated carbocycles. The molecule has 8 heteroatoms. The van der Waals surface area contributed by atoms with Crippen molar-refractivity contribution in [3.8, 4) is 0 Å². The van der Waals surface area contributed by atoms with Crippen molar-refractivity contribution in [1.82, 2.24) is 15.1 Å². The number of hydrogen-bond donors (Lipinski definition) is 2. The van der Waals surface area contributed by atoms with Crippen LogP contribution < -0.4 is 16.2 Å². The molecule has 2 heterocycles. The van der Waals surface area contributed by atoms with Gasteiger partial charge in [-0.25, -0.2) is 4.68 Å². The fourth-order valence-corrected chi connectivity index (χ4v) is 3.12. The van der Waals surface area contributed by atoms with Gasteiger partial charge in [-0.2, -0.15) is 5.10 Å². The number of carbonyl (C=O) groups excluding carboxylic acids is 2. The minimum Gasteiger partial charge on any atom is -0.376 e. The second-order valence-electron chi connectivity index (χ2n) is 6.98. The van der Waals surface area contributed by atoms with E-state index in [0.717, 1.165) is 32.3 Å². The first kappa shape index (κ1) is 20.7. The smallest absolute Gasteiger partial charge is 0.276 e. The molecule has 1 saturated heterocycles. The highest BCUT2D eigenvalue weighted by Crippen LogP contribution is 2.17. The summed E-state index contributed by atoms with van der Waals surface area (Å²) < 4.78 is 6.81. The van der Waals surface area contributed by atoms with Gasteiger partial charge in [0.2, 0.25) is 0 Å². The SMILES string of the molecule is CCCCn1nc(C(=O)Nc2ccccc2C(=O)NCC2CCCO2)ccc1=O. The zero-order valence-corrected chi connectivity index (χ0v) is 16.5. The van der Waals surface area contributed by atoms with Crippen molar-refractivity contribution < 1.29 is 14.3 Å². The van der Waals surface area contributed by atoms with Crippen molar-refractivity contribution in [3.63, 3.8) is 0 Å². The van der Waals surface area contributed by atoms with Crippen LogP contribution in [0.4, 0.5) is 5.69 Å². The van der Waals surface area contributed by atoms with E-state index in [4.69, 9.17) is 4.74 Å². The van der Waals surface area contributed by atoms with E-state index < -0.39 is 5.91 Å². The summed E-state index contributed by atoms with van der Waals surface area (Å²) in [6, 6.07) is 9.50. The van der Waals surface area contributed by atoms with Crippen LogP contribution in [0.1, 0.15) is 53.5 Å². The number of carbonyl (C=O) groups is 2. The van der Waals surface area contributed by atoms with Crippen LogP contribution in [0.2, 0.25) is 0 Å². The third kappa shape index (κ3) is 5.51. The molecule has 1 aromatic heterocycles. The van der Waals surface area contributed by atoms with Crippen LogP contribution in [0.15, 0.2) is 41.2 Å². The number of nitrogens with zero attached hydrogens (tertiary/aromatic N) is 2. The maximum atomic E-state index is 12.7. The quantitative estimate of drug-likeness (QED) is 0.710. The van der Waals surface area contributed by atoms with Crippen molar-refractivity contribution in [2.24, 2.45) is 0 Å². The van der Waals surface area contributed by atoms with Crippen molar-refractivity contribution in [1.29, 1.82) is 0 Å². The number of aryl methyl sites for hydroxylation is 1. The van der Waals surface area contributed by atoms with E-state index >= 15 is 0 Å². The fourth-order valence-electron chi connectivity index (χ4n) is 3.12. The fraction of sp³-hybridized carbons (Fsp3) is 0.429. The summed E-state index contributed by atoms with van der Waals surface area (Å²) in [7, 11) is 0. The minimum atomic E-state index is -0.477. The molecule has 29 heavy (non-hydrogen) atoms. The van der Waals surface area contributed by atoms with Gasteiger partial charge >= 0.3 is 0 Å². The van der Waals surface area contributed by atoms with Gasteiger partial charge in [0.05, 0.1) is 17.4 Å². The van der Waals surface area contributed by atoms with Gasteiger partial charge in [-0.15, -0.1) is 0 Å². The van der Waals surface area contributed by atoms with Gasteiger partial charge in [0.15, 0.2) is 0 Å². The molecule has 2 amide bonds. The van der Waals surface area contributed by atoms with Gasteiger partial charge in [0.1, 0.15) is 5.69 Å². The van der Waals surface area contributed by atoms with Gasteiger partial charge in [0.25, 0.3) is 17.4 Å². The van der Waals surface area contributed by atoms with E-state index in [2.05, 4.69) is 15.7 Å². The Morgan fingerprint density at radius 3 is 2.79 bits per heavy atom. The molecule has 1 aromatic carbocycles. The molecule has 1 unspecified atom stereocenters. The molecule has 2 N–H and O–H groups in total. The molecular formula is C21H26N4O4. The lowest BCUT2D eigenvalue weighted by Crippen LogP contribution is -2.32. The van der Waals surface area contributed by atoms with Gasteiger partial charge in [0, 0.05) is 25.8 Å². The maximum Gasteiger partial charge on any atom is 0.276 e. The number of nitrogens with one attached hydrogen (secondary N) is 2. The molecule has 0 bridgehead atoms. The highest BCUT2D eigenvalue weighted by Gasteiger charge is 2.19. The molecule has 1 aliphatic heterocycles. The molecule has 3 rings (SSSR count). The van der Waals surface area contributed by atoms with Gasteiger partial charge < -0.3 is 15.4 Å². The number of hydrogen-bond acceptors (Lipinski definition) is 5. The molecule has 8 nitrogen and oxygen atoms in total. The molecule has 0 radical (unpaired) electrons. The van der Waals surface area contributed by atoms with Crippen LogP contribution in [-0.4, -0.2) is 40.9 Å².